The average molecular weight is 292 g/mol. The molecule has 0 spiro atoms. The van der Waals surface area contributed by atoms with Crippen LogP contribution in [0.2, 0.25) is 0 Å². The zero-order valence-corrected chi connectivity index (χ0v) is 12.7. The first-order valence-corrected chi connectivity index (χ1v) is 8.44. The molecule has 1 aromatic heterocycles. The van der Waals surface area contributed by atoms with Gasteiger partial charge in [-0.15, -0.1) is 0 Å². The van der Waals surface area contributed by atoms with Crippen LogP contribution in [0.5, 0.6) is 0 Å². The predicted molar refractivity (Wildman–Crippen MR) is 86.6 cm³/mol. The van der Waals surface area contributed by atoms with Gasteiger partial charge >= 0.3 is 0 Å². The molecule has 0 fully saturated rings. The topological polar surface area (TPSA) is 36.1 Å². The first-order chi connectivity index (χ1) is 10.8. The van der Waals surface area contributed by atoms with E-state index in [1.807, 2.05) is 0 Å². The number of fused-ring (bicyclic) bond motifs is 6. The van der Waals surface area contributed by atoms with Crippen molar-refractivity contribution in [3.05, 3.63) is 46.8 Å². The van der Waals surface area contributed by atoms with E-state index in [2.05, 4.69) is 34.1 Å². The van der Waals surface area contributed by atoms with E-state index in [4.69, 9.17) is 0 Å². The Morgan fingerprint density at radius 3 is 2.91 bits per heavy atom. The smallest absolute Gasteiger partial charge is 0.163 e. The fourth-order valence-electron chi connectivity index (χ4n) is 4.66. The maximum Gasteiger partial charge on any atom is 0.163 e. The molecule has 0 amide bonds. The second-order valence-electron chi connectivity index (χ2n) is 6.78. The standard InChI is InChI=1S/C19H20N2O/c22-18-11-17-19-13(12-5-1-3-7-15(12)20-19)9-10-21(17)16-8-4-2-6-14(16)18/h1,3,5,7,17,20H,2,4,6,8-11H2/t17-/m0/s1. The summed E-state index contributed by atoms with van der Waals surface area (Å²) < 4.78 is 0. The number of Topliss-reactive ketones (excluding diaryl/α,β-unsaturated/α-hetero) is 1. The molecule has 112 valence electrons. The minimum atomic E-state index is 0.237. The van der Waals surface area contributed by atoms with E-state index >= 15 is 0 Å². The predicted octanol–water partition coefficient (Wildman–Crippen LogP) is 3.87. The minimum Gasteiger partial charge on any atom is -0.365 e. The van der Waals surface area contributed by atoms with Crippen molar-refractivity contribution in [3.63, 3.8) is 0 Å². The molecule has 2 aromatic rings. The number of hydrogen-bond donors (Lipinski definition) is 1. The lowest BCUT2D eigenvalue weighted by molar-refractivity contribution is -0.118. The molecule has 22 heavy (non-hydrogen) atoms. The lowest BCUT2D eigenvalue weighted by Gasteiger charge is -2.44. The summed E-state index contributed by atoms with van der Waals surface area (Å²) in [6.45, 7) is 1.06. The number of aromatic nitrogens is 1. The molecule has 0 radical (unpaired) electrons. The van der Waals surface area contributed by atoms with Crippen LogP contribution < -0.4 is 0 Å². The van der Waals surface area contributed by atoms with Gasteiger partial charge in [0.05, 0.1) is 6.04 Å². The number of para-hydroxylation sites is 1. The quantitative estimate of drug-likeness (QED) is 0.800. The summed E-state index contributed by atoms with van der Waals surface area (Å²) in [5.74, 6) is 0.391. The van der Waals surface area contributed by atoms with Gasteiger partial charge in [-0.25, -0.2) is 0 Å². The van der Waals surface area contributed by atoms with E-state index in [1.54, 1.807) is 0 Å². The molecule has 3 heteroatoms. The van der Waals surface area contributed by atoms with Crippen LogP contribution in [-0.2, 0) is 11.2 Å². The van der Waals surface area contributed by atoms with E-state index in [1.165, 1.54) is 40.7 Å². The number of H-pyrrole nitrogens is 1. The Hall–Kier alpha value is -2.03. The van der Waals surface area contributed by atoms with Crippen molar-refractivity contribution in [2.75, 3.05) is 6.54 Å². The fraction of sp³-hybridized carbons (Fsp3) is 0.421. The van der Waals surface area contributed by atoms with Crippen molar-refractivity contribution in [1.82, 2.24) is 9.88 Å². The molecule has 3 nitrogen and oxygen atoms in total. The third-order valence-electron chi connectivity index (χ3n) is 5.66. The molecule has 0 saturated heterocycles. The Bertz CT molecular complexity index is 814. The number of nitrogens with one attached hydrogen (secondary N) is 1. The Labute approximate surface area is 130 Å². The van der Waals surface area contributed by atoms with E-state index in [0.29, 0.717) is 12.2 Å². The average Bonchev–Trinajstić information content (AvgIpc) is 2.94. The number of allylic oxidation sites excluding steroid dienone is 2. The van der Waals surface area contributed by atoms with Gasteiger partial charge in [-0.05, 0) is 43.7 Å². The summed E-state index contributed by atoms with van der Waals surface area (Å²) in [7, 11) is 0. The molecule has 1 aliphatic carbocycles. The SMILES string of the molecule is O=C1C[C@H]2c3[nH]c4ccccc4c3CCN2C2=C1CCCC2. The molecule has 0 saturated carbocycles. The Morgan fingerprint density at radius 2 is 1.95 bits per heavy atom. The first-order valence-electron chi connectivity index (χ1n) is 8.44. The fourth-order valence-corrected chi connectivity index (χ4v) is 4.66. The second-order valence-corrected chi connectivity index (χ2v) is 6.78. The van der Waals surface area contributed by atoms with Gasteiger partial charge in [0.1, 0.15) is 0 Å². The van der Waals surface area contributed by atoms with Gasteiger partial charge in [-0.1, -0.05) is 18.2 Å². The highest BCUT2D eigenvalue weighted by Gasteiger charge is 2.39. The Balaban J connectivity index is 1.67. The van der Waals surface area contributed by atoms with Gasteiger partial charge in [0.2, 0.25) is 0 Å². The van der Waals surface area contributed by atoms with Gasteiger partial charge in [0, 0.05) is 40.8 Å². The molecule has 3 aliphatic rings. The van der Waals surface area contributed by atoms with Crippen molar-refractivity contribution >= 4 is 16.7 Å². The molecule has 1 N–H and O–H groups in total. The van der Waals surface area contributed by atoms with Crippen LogP contribution in [0.4, 0.5) is 0 Å². The highest BCUT2D eigenvalue weighted by Crippen LogP contribution is 2.45. The Kier molecular flexibility index (Phi) is 2.55. The van der Waals surface area contributed by atoms with Gasteiger partial charge in [0.25, 0.3) is 0 Å². The number of ketones is 1. The van der Waals surface area contributed by atoms with E-state index < -0.39 is 0 Å². The number of aromatic amines is 1. The number of carbonyl (C=O) groups is 1. The number of nitrogens with zero attached hydrogens (tertiary/aromatic N) is 1. The van der Waals surface area contributed by atoms with Crippen LogP contribution >= 0.6 is 0 Å². The molecule has 0 unspecified atom stereocenters. The van der Waals surface area contributed by atoms with Gasteiger partial charge in [0.15, 0.2) is 5.78 Å². The summed E-state index contributed by atoms with van der Waals surface area (Å²) in [6, 6.07) is 8.77. The van der Waals surface area contributed by atoms with E-state index in [-0.39, 0.29) is 6.04 Å². The summed E-state index contributed by atoms with van der Waals surface area (Å²) in [4.78, 5) is 18.8. The van der Waals surface area contributed by atoms with Crippen LogP contribution in [0.3, 0.4) is 0 Å². The van der Waals surface area contributed by atoms with Crippen LogP contribution in [0.25, 0.3) is 10.9 Å². The minimum absolute atomic E-state index is 0.237. The summed E-state index contributed by atoms with van der Waals surface area (Å²) in [6.07, 6.45) is 6.24. The highest BCUT2D eigenvalue weighted by atomic mass is 16.1. The van der Waals surface area contributed by atoms with Gasteiger partial charge in [-0.2, -0.15) is 0 Å². The van der Waals surface area contributed by atoms with Crippen molar-refractivity contribution in [2.24, 2.45) is 0 Å². The van der Waals surface area contributed by atoms with Crippen molar-refractivity contribution in [2.45, 2.75) is 44.6 Å². The second kappa shape index (κ2) is 4.48. The normalized spacial score (nSPS) is 24.3. The number of rotatable bonds is 0. The molecule has 1 atom stereocenters. The van der Waals surface area contributed by atoms with Crippen LogP contribution in [0.1, 0.15) is 49.4 Å². The monoisotopic (exact) mass is 292 g/mol. The number of hydrogen-bond acceptors (Lipinski definition) is 2. The summed E-state index contributed by atoms with van der Waals surface area (Å²) >= 11 is 0. The number of carbonyl (C=O) groups excluding carboxylic acids is 1. The third-order valence-corrected chi connectivity index (χ3v) is 5.66. The zero-order valence-electron chi connectivity index (χ0n) is 12.7. The highest BCUT2D eigenvalue weighted by molar-refractivity contribution is 5.98. The zero-order chi connectivity index (χ0) is 14.7. The molecule has 3 heterocycles. The molecule has 0 bridgehead atoms. The van der Waals surface area contributed by atoms with Gasteiger partial charge < -0.3 is 9.88 Å². The Morgan fingerprint density at radius 1 is 1.09 bits per heavy atom. The van der Waals surface area contributed by atoms with Crippen LogP contribution in [0.15, 0.2) is 35.5 Å². The van der Waals surface area contributed by atoms with Crippen molar-refractivity contribution in [1.29, 1.82) is 0 Å². The maximum absolute atomic E-state index is 12.6. The first kappa shape index (κ1) is 12.5. The van der Waals surface area contributed by atoms with Crippen LogP contribution in [0, 0.1) is 0 Å². The van der Waals surface area contributed by atoms with E-state index in [9.17, 15) is 4.79 Å². The largest absolute Gasteiger partial charge is 0.365 e. The lowest BCUT2D eigenvalue weighted by Crippen LogP contribution is -2.41. The molecular formula is C19H20N2O. The van der Waals surface area contributed by atoms with Crippen LogP contribution in [-0.4, -0.2) is 22.2 Å². The number of benzene rings is 1. The van der Waals surface area contributed by atoms with Crippen molar-refractivity contribution < 1.29 is 4.79 Å². The summed E-state index contributed by atoms with van der Waals surface area (Å²) in [5.41, 5.74) is 6.44. The van der Waals surface area contributed by atoms with Crippen molar-refractivity contribution in [3.8, 4) is 0 Å². The molecule has 2 aliphatic heterocycles. The third kappa shape index (κ3) is 1.59. The molecule has 1 aromatic carbocycles. The van der Waals surface area contributed by atoms with E-state index in [0.717, 1.165) is 31.4 Å². The summed E-state index contributed by atoms with van der Waals surface area (Å²) in [5, 5.41) is 1.34. The molecule has 5 rings (SSSR count). The maximum atomic E-state index is 12.6. The molecular weight excluding hydrogens is 272 g/mol. The lowest BCUT2D eigenvalue weighted by atomic mass is 9.82. The van der Waals surface area contributed by atoms with Gasteiger partial charge in [-0.3, -0.25) is 4.79 Å².